The summed E-state index contributed by atoms with van der Waals surface area (Å²) in [5, 5.41) is 2.63. The van der Waals surface area contributed by atoms with Gasteiger partial charge >= 0.3 is 0 Å². The number of amides is 1. The second-order valence-corrected chi connectivity index (χ2v) is 2.71. The summed E-state index contributed by atoms with van der Waals surface area (Å²) in [6.07, 6.45) is 5.95. The normalized spacial score (nSPS) is 16.8. The SMILES string of the molecule is CCCCN1C=CNC(=O)C1. The van der Waals surface area contributed by atoms with Crippen LogP contribution in [0.3, 0.4) is 0 Å². The van der Waals surface area contributed by atoms with Gasteiger partial charge in [0.05, 0.1) is 6.54 Å². The van der Waals surface area contributed by atoms with Crippen LogP contribution in [0.5, 0.6) is 0 Å². The lowest BCUT2D eigenvalue weighted by molar-refractivity contribution is -0.121. The van der Waals surface area contributed by atoms with Crippen LogP contribution in [0.25, 0.3) is 0 Å². The van der Waals surface area contributed by atoms with Gasteiger partial charge in [-0.2, -0.15) is 0 Å². The second kappa shape index (κ2) is 4.01. The Bertz CT molecular complexity index is 165. The Kier molecular flexibility index (Phi) is 2.95. The Morgan fingerprint density at radius 1 is 1.73 bits per heavy atom. The summed E-state index contributed by atoms with van der Waals surface area (Å²) in [5.74, 6) is 0.0867. The van der Waals surface area contributed by atoms with E-state index in [9.17, 15) is 4.79 Å². The van der Waals surface area contributed by atoms with Crippen molar-refractivity contribution in [1.82, 2.24) is 10.2 Å². The van der Waals surface area contributed by atoms with E-state index in [4.69, 9.17) is 0 Å². The fourth-order valence-electron chi connectivity index (χ4n) is 1.03. The van der Waals surface area contributed by atoms with Gasteiger partial charge in [-0.05, 0) is 6.42 Å². The third-order valence-electron chi connectivity index (χ3n) is 1.68. The zero-order valence-electron chi connectivity index (χ0n) is 6.84. The fraction of sp³-hybridized carbons (Fsp3) is 0.625. The molecule has 0 aromatic heterocycles. The third-order valence-corrected chi connectivity index (χ3v) is 1.68. The van der Waals surface area contributed by atoms with Gasteiger partial charge in [-0.1, -0.05) is 13.3 Å². The number of nitrogens with zero attached hydrogens (tertiary/aromatic N) is 1. The highest BCUT2D eigenvalue weighted by Crippen LogP contribution is 1.98. The van der Waals surface area contributed by atoms with E-state index in [1.54, 1.807) is 6.20 Å². The van der Waals surface area contributed by atoms with E-state index in [1.807, 2.05) is 11.1 Å². The average Bonchev–Trinajstić information content (AvgIpc) is 2.01. The molecule has 3 nitrogen and oxygen atoms in total. The quantitative estimate of drug-likeness (QED) is 0.648. The van der Waals surface area contributed by atoms with E-state index in [0.29, 0.717) is 6.54 Å². The first-order valence-electron chi connectivity index (χ1n) is 4.03. The van der Waals surface area contributed by atoms with Crippen molar-refractivity contribution in [2.75, 3.05) is 13.1 Å². The number of unbranched alkanes of at least 4 members (excludes halogenated alkanes) is 1. The lowest BCUT2D eigenvalue weighted by Gasteiger charge is -2.22. The van der Waals surface area contributed by atoms with Crippen LogP contribution in [-0.4, -0.2) is 23.9 Å². The van der Waals surface area contributed by atoms with Crippen molar-refractivity contribution in [3.63, 3.8) is 0 Å². The van der Waals surface area contributed by atoms with Crippen molar-refractivity contribution >= 4 is 5.91 Å². The summed E-state index contributed by atoms with van der Waals surface area (Å²) in [6, 6.07) is 0. The van der Waals surface area contributed by atoms with Crippen molar-refractivity contribution in [3.05, 3.63) is 12.4 Å². The molecule has 1 amide bonds. The van der Waals surface area contributed by atoms with E-state index < -0.39 is 0 Å². The van der Waals surface area contributed by atoms with Gasteiger partial charge in [0, 0.05) is 18.9 Å². The van der Waals surface area contributed by atoms with Gasteiger partial charge in [0.25, 0.3) is 0 Å². The first-order chi connectivity index (χ1) is 5.33. The van der Waals surface area contributed by atoms with Crippen LogP contribution in [0.15, 0.2) is 12.4 Å². The predicted molar refractivity (Wildman–Crippen MR) is 43.8 cm³/mol. The molecule has 0 unspecified atom stereocenters. The van der Waals surface area contributed by atoms with Crippen molar-refractivity contribution in [2.45, 2.75) is 19.8 Å². The molecular weight excluding hydrogens is 140 g/mol. The molecular formula is C8H14N2O. The maximum absolute atomic E-state index is 10.8. The number of carbonyl (C=O) groups excluding carboxylic acids is 1. The van der Waals surface area contributed by atoms with E-state index in [0.717, 1.165) is 13.0 Å². The van der Waals surface area contributed by atoms with Crippen LogP contribution in [-0.2, 0) is 4.79 Å². The Balaban J connectivity index is 2.28. The predicted octanol–water partition coefficient (Wildman–Crippen LogP) is 0.690. The van der Waals surface area contributed by atoms with Crippen molar-refractivity contribution in [2.24, 2.45) is 0 Å². The van der Waals surface area contributed by atoms with E-state index in [1.165, 1.54) is 6.42 Å². The van der Waals surface area contributed by atoms with E-state index in [-0.39, 0.29) is 5.91 Å². The molecule has 1 heterocycles. The van der Waals surface area contributed by atoms with Gasteiger partial charge in [0.1, 0.15) is 0 Å². The lowest BCUT2D eigenvalue weighted by atomic mass is 10.3. The number of hydrogen-bond donors (Lipinski definition) is 1. The Hall–Kier alpha value is -0.990. The highest BCUT2D eigenvalue weighted by atomic mass is 16.2. The van der Waals surface area contributed by atoms with Crippen LogP contribution < -0.4 is 5.32 Å². The molecule has 1 rings (SSSR count). The number of nitrogens with one attached hydrogen (secondary N) is 1. The van der Waals surface area contributed by atoms with Crippen LogP contribution in [0, 0.1) is 0 Å². The Labute approximate surface area is 67.1 Å². The van der Waals surface area contributed by atoms with Crippen LogP contribution in [0.4, 0.5) is 0 Å². The zero-order valence-corrected chi connectivity index (χ0v) is 6.84. The molecule has 1 N–H and O–H groups in total. The van der Waals surface area contributed by atoms with Crippen molar-refractivity contribution in [3.8, 4) is 0 Å². The monoisotopic (exact) mass is 154 g/mol. The lowest BCUT2D eigenvalue weighted by Crippen LogP contribution is -2.36. The summed E-state index contributed by atoms with van der Waals surface area (Å²) in [5.41, 5.74) is 0. The molecule has 0 aromatic rings. The summed E-state index contributed by atoms with van der Waals surface area (Å²) in [7, 11) is 0. The minimum Gasteiger partial charge on any atom is -0.367 e. The molecule has 1 aliphatic heterocycles. The van der Waals surface area contributed by atoms with Gasteiger partial charge in [-0.3, -0.25) is 4.79 Å². The van der Waals surface area contributed by atoms with E-state index >= 15 is 0 Å². The molecule has 0 atom stereocenters. The molecule has 11 heavy (non-hydrogen) atoms. The number of hydrogen-bond acceptors (Lipinski definition) is 2. The van der Waals surface area contributed by atoms with Crippen LogP contribution >= 0.6 is 0 Å². The summed E-state index contributed by atoms with van der Waals surface area (Å²) in [4.78, 5) is 12.9. The highest BCUT2D eigenvalue weighted by molar-refractivity contribution is 5.79. The fourth-order valence-corrected chi connectivity index (χ4v) is 1.03. The smallest absolute Gasteiger partial charge is 0.243 e. The Morgan fingerprint density at radius 3 is 3.18 bits per heavy atom. The minimum atomic E-state index is 0.0867. The van der Waals surface area contributed by atoms with Crippen LogP contribution in [0.1, 0.15) is 19.8 Å². The molecule has 1 aliphatic rings. The van der Waals surface area contributed by atoms with Gasteiger partial charge < -0.3 is 10.2 Å². The third kappa shape index (κ3) is 2.62. The molecule has 0 bridgehead atoms. The number of rotatable bonds is 3. The molecule has 0 aliphatic carbocycles. The topological polar surface area (TPSA) is 32.3 Å². The van der Waals surface area contributed by atoms with Gasteiger partial charge in [-0.25, -0.2) is 0 Å². The molecule has 0 radical (unpaired) electrons. The first kappa shape index (κ1) is 8.11. The molecule has 62 valence electrons. The zero-order chi connectivity index (χ0) is 8.10. The van der Waals surface area contributed by atoms with Gasteiger partial charge in [-0.15, -0.1) is 0 Å². The molecule has 0 spiro atoms. The van der Waals surface area contributed by atoms with Crippen molar-refractivity contribution in [1.29, 1.82) is 0 Å². The number of carbonyl (C=O) groups is 1. The first-order valence-corrected chi connectivity index (χ1v) is 4.03. The maximum Gasteiger partial charge on any atom is 0.243 e. The summed E-state index contributed by atoms with van der Waals surface area (Å²) < 4.78 is 0. The molecule has 0 aromatic carbocycles. The van der Waals surface area contributed by atoms with Crippen molar-refractivity contribution < 1.29 is 4.79 Å². The van der Waals surface area contributed by atoms with Gasteiger partial charge in [0.15, 0.2) is 0 Å². The van der Waals surface area contributed by atoms with Crippen LogP contribution in [0.2, 0.25) is 0 Å². The average molecular weight is 154 g/mol. The summed E-state index contributed by atoms with van der Waals surface area (Å²) >= 11 is 0. The second-order valence-electron chi connectivity index (χ2n) is 2.71. The van der Waals surface area contributed by atoms with Gasteiger partial charge in [0.2, 0.25) is 5.91 Å². The molecule has 0 saturated heterocycles. The summed E-state index contributed by atoms with van der Waals surface area (Å²) in [6.45, 7) is 3.64. The molecule has 0 fully saturated rings. The Morgan fingerprint density at radius 2 is 2.55 bits per heavy atom. The minimum absolute atomic E-state index is 0.0867. The standard InChI is InChI=1S/C8H14N2O/c1-2-3-5-10-6-4-9-8(11)7-10/h4,6H,2-3,5,7H2,1H3,(H,9,11). The largest absolute Gasteiger partial charge is 0.367 e. The molecule has 3 heteroatoms. The molecule has 0 saturated carbocycles. The van der Waals surface area contributed by atoms with E-state index in [2.05, 4.69) is 12.2 Å². The highest BCUT2D eigenvalue weighted by Gasteiger charge is 2.08. The maximum atomic E-state index is 10.8.